The number of halogens is 2. The fourth-order valence-electron chi connectivity index (χ4n) is 0.925. The van der Waals surface area contributed by atoms with Crippen LogP contribution in [0.5, 0.6) is 0 Å². The maximum atomic E-state index is 11.1. The summed E-state index contributed by atoms with van der Waals surface area (Å²) in [6.07, 6.45) is 0. The Bertz CT molecular complexity index is 338. The minimum atomic E-state index is -0.101. The molecular formula is C8H7ClINO. The van der Waals surface area contributed by atoms with Crippen LogP contribution in [0.3, 0.4) is 0 Å². The molecule has 1 rings (SSSR count). The SMILES string of the molecule is CC(=O)c1c(Cl)ccc(I)c1N. The highest BCUT2D eigenvalue weighted by molar-refractivity contribution is 14.1. The smallest absolute Gasteiger partial charge is 0.163 e. The van der Waals surface area contributed by atoms with Crippen molar-refractivity contribution >= 4 is 45.7 Å². The number of benzene rings is 1. The number of hydrogen-bond donors (Lipinski definition) is 1. The van der Waals surface area contributed by atoms with Crippen molar-refractivity contribution in [2.75, 3.05) is 5.73 Å². The third kappa shape index (κ3) is 1.72. The molecular weight excluding hydrogens is 288 g/mol. The van der Waals surface area contributed by atoms with Crippen LogP contribution >= 0.6 is 34.2 Å². The van der Waals surface area contributed by atoms with E-state index in [1.807, 2.05) is 0 Å². The van der Waals surface area contributed by atoms with Crippen LogP contribution < -0.4 is 5.73 Å². The zero-order valence-corrected chi connectivity index (χ0v) is 9.31. The molecule has 4 heteroatoms. The highest BCUT2D eigenvalue weighted by Crippen LogP contribution is 2.27. The lowest BCUT2D eigenvalue weighted by Gasteiger charge is -2.05. The summed E-state index contributed by atoms with van der Waals surface area (Å²) >= 11 is 7.86. The molecule has 0 saturated heterocycles. The van der Waals surface area contributed by atoms with Crippen molar-refractivity contribution in [1.82, 2.24) is 0 Å². The van der Waals surface area contributed by atoms with Gasteiger partial charge in [-0.05, 0) is 41.6 Å². The van der Waals surface area contributed by atoms with Gasteiger partial charge in [0.15, 0.2) is 5.78 Å². The van der Waals surface area contributed by atoms with Crippen molar-refractivity contribution in [2.24, 2.45) is 0 Å². The van der Waals surface area contributed by atoms with Gasteiger partial charge in [-0.2, -0.15) is 0 Å². The van der Waals surface area contributed by atoms with Gasteiger partial charge in [-0.15, -0.1) is 0 Å². The highest BCUT2D eigenvalue weighted by atomic mass is 127. The number of Topliss-reactive ketones (excluding diaryl/α,β-unsaturated/α-hetero) is 1. The van der Waals surface area contributed by atoms with Crippen molar-refractivity contribution in [2.45, 2.75) is 6.92 Å². The Kier molecular flexibility index (Phi) is 2.95. The van der Waals surface area contributed by atoms with E-state index < -0.39 is 0 Å². The zero-order valence-electron chi connectivity index (χ0n) is 6.40. The Balaban J connectivity index is 3.43. The quantitative estimate of drug-likeness (QED) is 0.492. The minimum absolute atomic E-state index is 0.101. The molecule has 0 atom stereocenters. The molecule has 0 spiro atoms. The van der Waals surface area contributed by atoms with Gasteiger partial charge in [0.2, 0.25) is 0 Å². The van der Waals surface area contributed by atoms with Crippen LogP contribution in [0, 0.1) is 3.57 Å². The van der Waals surface area contributed by atoms with Gasteiger partial charge in [-0.1, -0.05) is 11.6 Å². The number of carbonyl (C=O) groups is 1. The van der Waals surface area contributed by atoms with E-state index in [1.54, 1.807) is 12.1 Å². The summed E-state index contributed by atoms with van der Waals surface area (Å²) in [7, 11) is 0. The third-order valence-electron chi connectivity index (χ3n) is 1.49. The Hall–Kier alpha value is -0.290. The first-order valence-corrected chi connectivity index (χ1v) is 4.74. The monoisotopic (exact) mass is 295 g/mol. The number of carbonyl (C=O) groups excluding carboxylic acids is 1. The van der Waals surface area contributed by atoms with Crippen LogP contribution in [-0.2, 0) is 0 Å². The van der Waals surface area contributed by atoms with Crippen molar-refractivity contribution in [3.63, 3.8) is 0 Å². The molecule has 0 bridgehead atoms. The first kappa shape index (κ1) is 9.80. The summed E-state index contributed by atoms with van der Waals surface area (Å²) in [4.78, 5) is 11.1. The van der Waals surface area contributed by atoms with Gasteiger partial charge in [-0.3, -0.25) is 4.79 Å². The van der Waals surface area contributed by atoms with Crippen LogP contribution in [-0.4, -0.2) is 5.78 Å². The lowest BCUT2D eigenvalue weighted by molar-refractivity contribution is 0.101. The van der Waals surface area contributed by atoms with Crippen molar-refractivity contribution < 1.29 is 4.79 Å². The third-order valence-corrected chi connectivity index (χ3v) is 2.75. The average molecular weight is 296 g/mol. The second kappa shape index (κ2) is 3.62. The number of nitrogen functional groups attached to an aromatic ring is 1. The Labute approximate surface area is 89.2 Å². The average Bonchev–Trinajstić information content (AvgIpc) is 1.97. The van der Waals surface area contributed by atoms with E-state index in [2.05, 4.69) is 22.6 Å². The summed E-state index contributed by atoms with van der Waals surface area (Å²) < 4.78 is 0.849. The maximum absolute atomic E-state index is 11.1. The van der Waals surface area contributed by atoms with Crippen LogP contribution in [0.2, 0.25) is 5.02 Å². The molecule has 2 N–H and O–H groups in total. The van der Waals surface area contributed by atoms with E-state index in [9.17, 15) is 4.79 Å². The Morgan fingerprint density at radius 2 is 2.17 bits per heavy atom. The number of rotatable bonds is 1. The fraction of sp³-hybridized carbons (Fsp3) is 0.125. The first-order valence-electron chi connectivity index (χ1n) is 3.28. The summed E-state index contributed by atoms with van der Waals surface area (Å²) in [5, 5.41) is 0.417. The normalized spacial score (nSPS) is 9.92. The first-order chi connectivity index (χ1) is 5.54. The lowest BCUT2D eigenvalue weighted by Crippen LogP contribution is -2.02. The highest BCUT2D eigenvalue weighted by Gasteiger charge is 2.11. The largest absolute Gasteiger partial charge is 0.397 e. The molecule has 2 nitrogen and oxygen atoms in total. The predicted octanol–water partition coefficient (Wildman–Crippen LogP) is 2.73. The summed E-state index contributed by atoms with van der Waals surface area (Å²) in [5.74, 6) is -0.101. The molecule has 0 heterocycles. The van der Waals surface area contributed by atoms with E-state index in [-0.39, 0.29) is 5.78 Å². The standard InChI is InChI=1S/C8H7ClINO/c1-4(12)7-5(9)2-3-6(10)8(7)11/h2-3H,11H2,1H3. The molecule has 0 saturated carbocycles. The summed E-state index contributed by atoms with van der Waals surface area (Å²) in [6, 6.07) is 3.46. The van der Waals surface area contributed by atoms with Crippen LogP contribution in [0.15, 0.2) is 12.1 Å². The summed E-state index contributed by atoms with van der Waals surface area (Å²) in [5.41, 5.74) is 6.56. The number of hydrogen-bond acceptors (Lipinski definition) is 2. The predicted molar refractivity (Wildman–Crippen MR) is 58.6 cm³/mol. The van der Waals surface area contributed by atoms with Crippen LogP contribution in [0.4, 0.5) is 5.69 Å². The van der Waals surface area contributed by atoms with Crippen molar-refractivity contribution in [3.05, 3.63) is 26.3 Å². The van der Waals surface area contributed by atoms with Crippen molar-refractivity contribution in [1.29, 1.82) is 0 Å². The Morgan fingerprint density at radius 3 is 2.58 bits per heavy atom. The number of anilines is 1. The zero-order chi connectivity index (χ0) is 9.30. The van der Waals surface area contributed by atoms with E-state index in [0.717, 1.165) is 3.57 Å². The minimum Gasteiger partial charge on any atom is -0.397 e. The van der Waals surface area contributed by atoms with E-state index in [0.29, 0.717) is 16.3 Å². The van der Waals surface area contributed by atoms with Gasteiger partial charge in [-0.25, -0.2) is 0 Å². The van der Waals surface area contributed by atoms with E-state index >= 15 is 0 Å². The molecule has 1 aromatic carbocycles. The molecule has 0 unspecified atom stereocenters. The number of nitrogens with two attached hydrogens (primary N) is 1. The molecule has 0 aromatic heterocycles. The van der Waals surface area contributed by atoms with E-state index in [1.165, 1.54) is 6.92 Å². The maximum Gasteiger partial charge on any atom is 0.163 e. The molecule has 0 fully saturated rings. The Morgan fingerprint density at radius 1 is 1.58 bits per heavy atom. The van der Waals surface area contributed by atoms with Gasteiger partial charge in [0.25, 0.3) is 0 Å². The second-order valence-corrected chi connectivity index (χ2v) is 3.94. The van der Waals surface area contributed by atoms with Crippen LogP contribution in [0.1, 0.15) is 17.3 Å². The molecule has 12 heavy (non-hydrogen) atoms. The molecule has 0 amide bonds. The molecule has 0 radical (unpaired) electrons. The fourth-order valence-corrected chi connectivity index (χ4v) is 1.67. The molecule has 1 aromatic rings. The van der Waals surface area contributed by atoms with Gasteiger partial charge < -0.3 is 5.73 Å². The summed E-state index contributed by atoms with van der Waals surface area (Å²) in [6.45, 7) is 1.45. The van der Waals surface area contributed by atoms with Gasteiger partial charge in [0, 0.05) is 3.57 Å². The van der Waals surface area contributed by atoms with Gasteiger partial charge in [0.1, 0.15) is 0 Å². The van der Waals surface area contributed by atoms with E-state index in [4.69, 9.17) is 17.3 Å². The molecule has 0 aliphatic rings. The molecule has 0 aliphatic carbocycles. The second-order valence-electron chi connectivity index (χ2n) is 2.37. The number of ketones is 1. The lowest BCUT2D eigenvalue weighted by atomic mass is 10.1. The van der Waals surface area contributed by atoms with Crippen molar-refractivity contribution in [3.8, 4) is 0 Å². The van der Waals surface area contributed by atoms with Crippen LogP contribution in [0.25, 0.3) is 0 Å². The topological polar surface area (TPSA) is 43.1 Å². The molecule has 0 aliphatic heterocycles. The molecule has 64 valence electrons. The van der Waals surface area contributed by atoms with Gasteiger partial charge in [0.05, 0.1) is 16.3 Å². The van der Waals surface area contributed by atoms with Gasteiger partial charge >= 0.3 is 0 Å².